The average Bonchev–Trinajstić information content (AvgIpc) is 2.85. The van der Waals surface area contributed by atoms with Crippen molar-refractivity contribution in [3.63, 3.8) is 0 Å². The van der Waals surface area contributed by atoms with Crippen LogP contribution in [0.4, 0.5) is 0 Å². The predicted octanol–water partition coefficient (Wildman–Crippen LogP) is 3.15. The number of aryl methyl sites for hydroxylation is 1. The molecule has 0 aromatic carbocycles. The lowest BCUT2D eigenvalue weighted by atomic mass is 10.4. The number of nitrogens with one attached hydrogen (secondary N) is 1. The maximum Gasteiger partial charge on any atom is 0.133 e. The molecule has 15 heavy (non-hydrogen) atoms. The molecule has 1 N–H and O–H groups in total. The predicted molar refractivity (Wildman–Crippen MR) is 67.6 cm³/mol. The summed E-state index contributed by atoms with van der Waals surface area (Å²) in [7, 11) is 1.96. The summed E-state index contributed by atoms with van der Waals surface area (Å²) in [6.45, 7) is 3.09. The van der Waals surface area contributed by atoms with Crippen molar-refractivity contribution >= 4 is 22.7 Å². The van der Waals surface area contributed by atoms with E-state index in [9.17, 15) is 0 Å². The van der Waals surface area contributed by atoms with Crippen LogP contribution in [-0.4, -0.2) is 12.0 Å². The Kier molecular flexibility index (Phi) is 3.51. The standard InChI is InChI=1S/C11H14N2S2/c1-3-8-4-5-10(14-8)11-13-7-9(15-11)6-12-2/h4-5,7,12H,3,6H2,1-2H3. The Hall–Kier alpha value is -0.710. The zero-order chi connectivity index (χ0) is 10.7. The number of rotatable bonds is 4. The first kappa shape index (κ1) is 10.8. The van der Waals surface area contributed by atoms with Crippen LogP contribution in [0.2, 0.25) is 0 Å². The summed E-state index contributed by atoms with van der Waals surface area (Å²) in [5.41, 5.74) is 0. The van der Waals surface area contributed by atoms with Gasteiger partial charge in [-0.15, -0.1) is 22.7 Å². The van der Waals surface area contributed by atoms with E-state index >= 15 is 0 Å². The van der Waals surface area contributed by atoms with Crippen molar-refractivity contribution in [1.29, 1.82) is 0 Å². The fourth-order valence-corrected chi connectivity index (χ4v) is 3.29. The number of hydrogen-bond donors (Lipinski definition) is 1. The fourth-order valence-electron chi connectivity index (χ4n) is 1.36. The largest absolute Gasteiger partial charge is 0.315 e. The molecule has 0 aliphatic rings. The fraction of sp³-hybridized carbons (Fsp3) is 0.364. The first-order valence-corrected chi connectivity index (χ1v) is 6.65. The first-order valence-electron chi connectivity index (χ1n) is 5.02. The van der Waals surface area contributed by atoms with Gasteiger partial charge in [-0.05, 0) is 25.6 Å². The molecule has 0 saturated heterocycles. The Balaban J connectivity index is 2.21. The van der Waals surface area contributed by atoms with Crippen molar-refractivity contribution in [3.05, 3.63) is 28.1 Å². The molecule has 80 valence electrons. The topological polar surface area (TPSA) is 24.9 Å². The van der Waals surface area contributed by atoms with Crippen molar-refractivity contribution in [2.24, 2.45) is 0 Å². The molecule has 2 aromatic rings. The van der Waals surface area contributed by atoms with Gasteiger partial charge in [0.05, 0.1) is 4.88 Å². The first-order chi connectivity index (χ1) is 7.33. The van der Waals surface area contributed by atoms with Gasteiger partial charge in [-0.1, -0.05) is 6.92 Å². The van der Waals surface area contributed by atoms with Crippen LogP contribution in [0.15, 0.2) is 18.3 Å². The van der Waals surface area contributed by atoms with Crippen molar-refractivity contribution in [2.45, 2.75) is 19.9 Å². The van der Waals surface area contributed by atoms with Gasteiger partial charge in [0, 0.05) is 22.5 Å². The highest BCUT2D eigenvalue weighted by atomic mass is 32.1. The zero-order valence-corrected chi connectivity index (χ0v) is 10.5. The van der Waals surface area contributed by atoms with E-state index in [-0.39, 0.29) is 0 Å². The molecule has 2 nitrogen and oxygen atoms in total. The molecule has 0 saturated carbocycles. The van der Waals surface area contributed by atoms with E-state index in [4.69, 9.17) is 0 Å². The Bertz CT molecular complexity index is 431. The van der Waals surface area contributed by atoms with Crippen LogP contribution in [-0.2, 0) is 13.0 Å². The van der Waals surface area contributed by atoms with Gasteiger partial charge in [-0.3, -0.25) is 0 Å². The number of thiophene rings is 1. The van der Waals surface area contributed by atoms with Crippen molar-refractivity contribution in [1.82, 2.24) is 10.3 Å². The number of thiazole rings is 1. The highest BCUT2D eigenvalue weighted by molar-refractivity contribution is 7.21. The maximum atomic E-state index is 4.44. The van der Waals surface area contributed by atoms with E-state index < -0.39 is 0 Å². The molecule has 2 rings (SSSR count). The molecule has 0 amide bonds. The van der Waals surface area contributed by atoms with Crippen LogP contribution in [0.5, 0.6) is 0 Å². The van der Waals surface area contributed by atoms with Crippen molar-refractivity contribution in [3.8, 4) is 9.88 Å². The Morgan fingerprint density at radius 2 is 2.13 bits per heavy atom. The summed E-state index contributed by atoms with van der Waals surface area (Å²) in [5.74, 6) is 0. The van der Waals surface area contributed by atoms with E-state index in [1.165, 1.54) is 14.6 Å². The average molecular weight is 238 g/mol. The summed E-state index contributed by atoms with van der Waals surface area (Å²) in [6.07, 6.45) is 3.07. The molecule has 0 spiro atoms. The van der Waals surface area contributed by atoms with E-state index in [0.717, 1.165) is 18.0 Å². The normalized spacial score (nSPS) is 10.8. The summed E-state index contributed by atoms with van der Waals surface area (Å²) in [6, 6.07) is 4.37. The van der Waals surface area contributed by atoms with Gasteiger partial charge in [0.25, 0.3) is 0 Å². The highest BCUT2D eigenvalue weighted by Crippen LogP contribution is 2.31. The van der Waals surface area contributed by atoms with Crippen LogP contribution >= 0.6 is 22.7 Å². The monoisotopic (exact) mass is 238 g/mol. The minimum absolute atomic E-state index is 0.906. The molecular weight excluding hydrogens is 224 g/mol. The van der Waals surface area contributed by atoms with Crippen LogP contribution in [0.25, 0.3) is 9.88 Å². The van der Waals surface area contributed by atoms with Crippen molar-refractivity contribution in [2.75, 3.05) is 7.05 Å². The number of aromatic nitrogens is 1. The van der Waals surface area contributed by atoms with Crippen LogP contribution in [0.1, 0.15) is 16.7 Å². The van der Waals surface area contributed by atoms with E-state index in [0.29, 0.717) is 0 Å². The minimum Gasteiger partial charge on any atom is -0.315 e. The summed E-state index contributed by atoms with van der Waals surface area (Å²) >= 11 is 3.62. The molecule has 0 bridgehead atoms. The van der Waals surface area contributed by atoms with E-state index in [2.05, 4.69) is 29.4 Å². The van der Waals surface area contributed by atoms with E-state index in [1.54, 1.807) is 11.3 Å². The van der Waals surface area contributed by atoms with Gasteiger partial charge < -0.3 is 5.32 Å². The van der Waals surface area contributed by atoms with Gasteiger partial charge in [-0.25, -0.2) is 4.98 Å². The van der Waals surface area contributed by atoms with Crippen LogP contribution < -0.4 is 5.32 Å². The molecule has 4 heteroatoms. The third-order valence-electron chi connectivity index (χ3n) is 2.13. The molecule has 2 heterocycles. The van der Waals surface area contributed by atoms with Gasteiger partial charge in [0.15, 0.2) is 0 Å². The molecule has 0 aliphatic carbocycles. The summed E-state index contributed by atoms with van der Waals surface area (Å²) < 4.78 is 0. The summed E-state index contributed by atoms with van der Waals surface area (Å²) in [4.78, 5) is 8.45. The molecule has 0 unspecified atom stereocenters. The Labute approximate surface area is 98.0 Å². The second-order valence-electron chi connectivity index (χ2n) is 3.28. The third-order valence-corrected chi connectivity index (χ3v) is 4.52. The highest BCUT2D eigenvalue weighted by Gasteiger charge is 2.06. The van der Waals surface area contributed by atoms with Gasteiger partial charge >= 0.3 is 0 Å². The smallest absolute Gasteiger partial charge is 0.133 e. The second-order valence-corrected chi connectivity index (χ2v) is 5.57. The number of hydrogen-bond acceptors (Lipinski definition) is 4. The lowest BCUT2D eigenvalue weighted by molar-refractivity contribution is 0.829. The molecular formula is C11H14N2S2. The second kappa shape index (κ2) is 4.88. The zero-order valence-electron chi connectivity index (χ0n) is 8.91. The number of nitrogens with zero attached hydrogens (tertiary/aromatic N) is 1. The minimum atomic E-state index is 0.906. The molecule has 0 fully saturated rings. The van der Waals surface area contributed by atoms with Gasteiger partial charge in [0.1, 0.15) is 5.01 Å². The Morgan fingerprint density at radius 3 is 2.80 bits per heavy atom. The van der Waals surface area contributed by atoms with Crippen LogP contribution in [0.3, 0.4) is 0 Å². The molecule has 0 atom stereocenters. The lowest BCUT2D eigenvalue weighted by Crippen LogP contribution is -2.02. The lowest BCUT2D eigenvalue weighted by Gasteiger charge is -1.90. The summed E-state index contributed by atoms with van der Waals surface area (Å²) in [5, 5.41) is 4.28. The van der Waals surface area contributed by atoms with Crippen molar-refractivity contribution < 1.29 is 0 Å². The van der Waals surface area contributed by atoms with Gasteiger partial charge in [-0.2, -0.15) is 0 Å². The quantitative estimate of drug-likeness (QED) is 0.885. The maximum absolute atomic E-state index is 4.44. The van der Waals surface area contributed by atoms with E-state index in [1.807, 2.05) is 24.6 Å². The molecule has 0 aliphatic heterocycles. The molecule has 2 aromatic heterocycles. The van der Waals surface area contributed by atoms with Crippen LogP contribution in [0, 0.1) is 0 Å². The Morgan fingerprint density at radius 1 is 1.27 bits per heavy atom. The SMILES string of the molecule is CCc1ccc(-c2ncc(CNC)s2)s1. The third kappa shape index (κ3) is 2.45. The van der Waals surface area contributed by atoms with Gasteiger partial charge in [0.2, 0.25) is 0 Å². The molecule has 0 radical (unpaired) electrons.